The lowest BCUT2D eigenvalue weighted by Crippen LogP contribution is -2.60. The Morgan fingerprint density at radius 3 is 2.64 bits per heavy atom. The zero-order valence-electron chi connectivity index (χ0n) is 21.2. The van der Waals surface area contributed by atoms with Gasteiger partial charge in [0.25, 0.3) is 5.91 Å². The molecule has 1 saturated heterocycles. The molecule has 7 rings (SSSR count). The first-order valence-corrected chi connectivity index (χ1v) is 14.1. The molecule has 0 radical (unpaired) electrons. The molecule has 1 amide bonds. The Bertz CT molecular complexity index is 1620. The highest BCUT2D eigenvalue weighted by Crippen LogP contribution is 2.41. The second-order valence-corrected chi connectivity index (χ2v) is 10.9. The molecule has 0 bridgehead atoms. The van der Waals surface area contributed by atoms with Crippen molar-refractivity contribution in [3.63, 3.8) is 0 Å². The molecule has 0 aliphatic carbocycles. The fourth-order valence-corrected chi connectivity index (χ4v) is 6.79. The van der Waals surface area contributed by atoms with Crippen LogP contribution in [0.2, 0.25) is 0 Å². The molecule has 3 aromatic carbocycles. The number of carbonyl (C=O) groups is 1. The summed E-state index contributed by atoms with van der Waals surface area (Å²) in [5.74, 6) is 0.744. The van der Waals surface area contributed by atoms with Gasteiger partial charge in [-0.2, -0.15) is 0 Å². The maximum absolute atomic E-state index is 13.9. The van der Waals surface area contributed by atoms with Crippen molar-refractivity contribution in [2.45, 2.75) is 35.9 Å². The Morgan fingerprint density at radius 2 is 1.77 bits per heavy atom. The molecular weight excluding hydrogens is 510 g/mol. The molecule has 3 aliphatic heterocycles. The number of hydrogen-bond acceptors (Lipinski definition) is 6. The van der Waals surface area contributed by atoms with Gasteiger partial charge in [-0.05, 0) is 40.3 Å². The zero-order valence-corrected chi connectivity index (χ0v) is 22.0. The normalized spacial score (nSPS) is 19.6. The van der Waals surface area contributed by atoms with Crippen LogP contribution < -0.4 is 15.6 Å². The maximum Gasteiger partial charge on any atom is 0.278 e. The quantitative estimate of drug-likeness (QED) is 0.406. The van der Waals surface area contributed by atoms with Crippen LogP contribution in [0, 0.1) is 0 Å². The standard InChI is InChI=1S/C31H27N3O4S/c35-25-13-14-34-27(29(25)38-18-20-7-2-1-3-8-20)31(36)33-15-16-37-28(30(33)32-34)23-11-6-12-26-24(23)17-21-9-4-5-10-22(21)19-39-26/h1-14,28,30,32H,15-19H2/t28-,30-/m0/s1. The van der Waals surface area contributed by atoms with Crippen LogP contribution in [0.4, 0.5) is 0 Å². The summed E-state index contributed by atoms with van der Waals surface area (Å²) in [4.78, 5) is 29.8. The Balaban J connectivity index is 1.24. The summed E-state index contributed by atoms with van der Waals surface area (Å²) in [6.45, 7) is 1.02. The lowest BCUT2D eigenvalue weighted by atomic mass is 9.92. The van der Waals surface area contributed by atoms with E-state index in [1.165, 1.54) is 27.7 Å². The first kappa shape index (κ1) is 24.1. The highest BCUT2D eigenvalue weighted by molar-refractivity contribution is 7.98. The third kappa shape index (κ3) is 4.30. The number of morpholine rings is 1. The van der Waals surface area contributed by atoms with Gasteiger partial charge in [0.1, 0.15) is 18.9 Å². The first-order valence-electron chi connectivity index (χ1n) is 13.1. The minimum atomic E-state index is -0.432. The van der Waals surface area contributed by atoms with E-state index in [-0.39, 0.29) is 35.5 Å². The number of hydrogen-bond donors (Lipinski definition) is 1. The van der Waals surface area contributed by atoms with Crippen LogP contribution >= 0.6 is 11.8 Å². The van der Waals surface area contributed by atoms with Gasteiger partial charge in [-0.1, -0.05) is 66.7 Å². The molecule has 0 unspecified atom stereocenters. The Labute approximate surface area is 230 Å². The van der Waals surface area contributed by atoms with Crippen molar-refractivity contribution in [1.29, 1.82) is 0 Å². The van der Waals surface area contributed by atoms with Crippen molar-refractivity contribution in [1.82, 2.24) is 9.58 Å². The minimum absolute atomic E-state index is 0.0573. The third-order valence-electron chi connectivity index (χ3n) is 7.61. The van der Waals surface area contributed by atoms with Crippen LogP contribution in [-0.4, -0.2) is 34.8 Å². The number of fused-ring (bicyclic) bond motifs is 4. The summed E-state index contributed by atoms with van der Waals surface area (Å²) in [5.41, 5.74) is 9.26. The van der Waals surface area contributed by atoms with Gasteiger partial charge in [0.05, 0.1) is 6.61 Å². The van der Waals surface area contributed by atoms with Crippen LogP contribution in [0.3, 0.4) is 0 Å². The number of ether oxygens (including phenoxy) is 2. The molecule has 3 aliphatic rings. The second kappa shape index (κ2) is 9.94. The van der Waals surface area contributed by atoms with Crippen molar-refractivity contribution in [2.75, 3.05) is 18.6 Å². The summed E-state index contributed by atoms with van der Waals surface area (Å²) < 4.78 is 14.0. The van der Waals surface area contributed by atoms with E-state index >= 15 is 0 Å². The number of benzene rings is 3. The highest BCUT2D eigenvalue weighted by Gasteiger charge is 2.43. The van der Waals surface area contributed by atoms with E-state index < -0.39 is 6.17 Å². The van der Waals surface area contributed by atoms with E-state index in [2.05, 4.69) is 47.9 Å². The second-order valence-electron chi connectivity index (χ2n) is 9.92. The van der Waals surface area contributed by atoms with Gasteiger partial charge in [-0.15, -0.1) is 11.8 Å². The lowest BCUT2D eigenvalue weighted by molar-refractivity contribution is -0.0605. The molecule has 2 atom stereocenters. The SMILES string of the molecule is O=C1c2c(OCc3ccccc3)c(=O)ccn2N[C@@H]2[C@H](c3cccc4c3Cc3ccccc3CS4)OCCN12. The number of nitrogens with zero attached hydrogens (tertiary/aromatic N) is 2. The van der Waals surface area contributed by atoms with E-state index in [1.54, 1.807) is 15.8 Å². The zero-order chi connectivity index (χ0) is 26.3. The van der Waals surface area contributed by atoms with Crippen molar-refractivity contribution in [3.8, 4) is 5.75 Å². The molecule has 4 heterocycles. The van der Waals surface area contributed by atoms with Gasteiger partial charge in [0.2, 0.25) is 5.43 Å². The molecule has 1 aromatic heterocycles. The summed E-state index contributed by atoms with van der Waals surface area (Å²) >= 11 is 1.84. The largest absolute Gasteiger partial charge is 0.482 e. The van der Waals surface area contributed by atoms with Crippen LogP contribution in [-0.2, 0) is 23.5 Å². The van der Waals surface area contributed by atoms with Crippen LogP contribution in [0.1, 0.15) is 44.4 Å². The molecule has 1 fully saturated rings. The smallest absolute Gasteiger partial charge is 0.278 e. The van der Waals surface area contributed by atoms with Gasteiger partial charge in [0, 0.05) is 29.5 Å². The van der Waals surface area contributed by atoms with Crippen LogP contribution in [0.25, 0.3) is 0 Å². The number of amides is 1. The average molecular weight is 538 g/mol. The molecular formula is C31H27N3O4S. The highest BCUT2D eigenvalue weighted by atomic mass is 32.2. The van der Waals surface area contributed by atoms with Crippen molar-refractivity contribution in [2.24, 2.45) is 0 Å². The fourth-order valence-electron chi connectivity index (χ4n) is 5.66. The first-order chi connectivity index (χ1) is 19.2. The summed E-state index contributed by atoms with van der Waals surface area (Å²) in [6, 6.07) is 26.0. The molecule has 1 N–H and O–H groups in total. The van der Waals surface area contributed by atoms with Crippen LogP contribution in [0.5, 0.6) is 5.75 Å². The summed E-state index contributed by atoms with van der Waals surface area (Å²) in [7, 11) is 0. The molecule has 0 saturated carbocycles. The third-order valence-corrected chi connectivity index (χ3v) is 8.76. The van der Waals surface area contributed by atoms with Crippen LogP contribution in [0.15, 0.2) is 94.7 Å². The number of rotatable bonds is 4. The molecule has 8 heteroatoms. The van der Waals surface area contributed by atoms with Crippen molar-refractivity contribution >= 4 is 17.7 Å². The molecule has 0 spiro atoms. The van der Waals surface area contributed by atoms with Gasteiger partial charge in [0.15, 0.2) is 11.4 Å². The van der Waals surface area contributed by atoms with E-state index in [1.807, 2.05) is 42.1 Å². The van der Waals surface area contributed by atoms with E-state index in [4.69, 9.17) is 9.47 Å². The number of pyridine rings is 1. The number of thioether (sulfide) groups is 1. The molecule has 4 aromatic rings. The molecule has 39 heavy (non-hydrogen) atoms. The number of carbonyl (C=O) groups excluding carboxylic acids is 1. The Morgan fingerprint density at radius 1 is 0.949 bits per heavy atom. The monoisotopic (exact) mass is 537 g/mol. The topological polar surface area (TPSA) is 72.8 Å². The summed E-state index contributed by atoms with van der Waals surface area (Å²) in [6.07, 6.45) is 1.62. The average Bonchev–Trinajstić information content (AvgIpc) is 3.17. The predicted molar refractivity (Wildman–Crippen MR) is 150 cm³/mol. The lowest BCUT2D eigenvalue weighted by Gasteiger charge is -2.46. The number of aromatic nitrogens is 1. The predicted octanol–water partition coefficient (Wildman–Crippen LogP) is 4.72. The van der Waals surface area contributed by atoms with Crippen molar-refractivity contribution in [3.05, 3.63) is 129 Å². The fraction of sp³-hybridized carbons (Fsp3) is 0.226. The maximum atomic E-state index is 13.9. The summed E-state index contributed by atoms with van der Waals surface area (Å²) in [5, 5.41) is 0. The van der Waals surface area contributed by atoms with Crippen molar-refractivity contribution < 1.29 is 14.3 Å². The number of nitrogens with one attached hydrogen (secondary N) is 1. The van der Waals surface area contributed by atoms with E-state index in [9.17, 15) is 9.59 Å². The minimum Gasteiger partial charge on any atom is -0.482 e. The van der Waals surface area contributed by atoms with Gasteiger partial charge in [-0.25, -0.2) is 0 Å². The Kier molecular flexibility index (Phi) is 6.14. The Hall–Kier alpha value is -4.01. The molecule has 196 valence electrons. The molecule has 7 nitrogen and oxygen atoms in total. The van der Waals surface area contributed by atoms with Gasteiger partial charge >= 0.3 is 0 Å². The van der Waals surface area contributed by atoms with E-state index in [0.717, 1.165) is 23.3 Å². The van der Waals surface area contributed by atoms with Gasteiger partial charge < -0.3 is 19.8 Å². The van der Waals surface area contributed by atoms with Gasteiger partial charge in [-0.3, -0.25) is 14.3 Å². The van der Waals surface area contributed by atoms with E-state index in [0.29, 0.717) is 13.2 Å².